The van der Waals surface area contributed by atoms with Crippen molar-refractivity contribution in [3.05, 3.63) is 16.7 Å². The summed E-state index contributed by atoms with van der Waals surface area (Å²) >= 11 is 7.58. The lowest BCUT2D eigenvalue weighted by Gasteiger charge is -2.29. The molecule has 0 aromatic carbocycles. The number of piperidine rings is 1. The van der Waals surface area contributed by atoms with Crippen LogP contribution in [0.1, 0.15) is 26.2 Å². The van der Waals surface area contributed by atoms with E-state index in [0.29, 0.717) is 11.2 Å². The predicted molar refractivity (Wildman–Crippen MR) is 90.4 cm³/mol. The molecule has 2 aromatic rings. The molecule has 0 spiro atoms. The van der Waals surface area contributed by atoms with Gasteiger partial charge in [0.05, 0.1) is 5.39 Å². The first-order valence-corrected chi connectivity index (χ1v) is 8.85. The van der Waals surface area contributed by atoms with Gasteiger partial charge in [-0.05, 0) is 54.9 Å². The quantitative estimate of drug-likeness (QED) is 0.847. The minimum absolute atomic E-state index is 0.316. The number of aromatic nitrogens is 2. The number of rotatable bonds is 5. The molecular weight excluding hydrogens is 304 g/mol. The molecule has 3 heterocycles. The van der Waals surface area contributed by atoms with E-state index in [-0.39, 0.29) is 0 Å². The van der Waals surface area contributed by atoms with Crippen LogP contribution in [0.4, 0.5) is 5.82 Å². The lowest BCUT2D eigenvalue weighted by Crippen LogP contribution is -2.35. The van der Waals surface area contributed by atoms with Crippen molar-refractivity contribution in [3.8, 4) is 0 Å². The van der Waals surface area contributed by atoms with Crippen molar-refractivity contribution in [3.63, 3.8) is 0 Å². The Kier molecular flexibility index (Phi) is 4.93. The van der Waals surface area contributed by atoms with Gasteiger partial charge in [0.1, 0.15) is 10.6 Å². The van der Waals surface area contributed by atoms with Gasteiger partial charge < -0.3 is 10.2 Å². The third kappa shape index (κ3) is 3.84. The number of hydrogen-bond acceptors (Lipinski definition) is 5. The van der Waals surface area contributed by atoms with Crippen LogP contribution in [0.2, 0.25) is 5.28 Å². The first-order valence-electron chi connectivity index (χ1n) is 7.59. The highest BCUT2D eigenvalue weighted by Crippen LogP contribution is 2.26. The number of nitrogens with one attached hydrogen (secondary N) is 1. The van der Waals surface area contributed by atoms with Crippen molar-refractivity contribution in [2.75, 3.05) is 31.5 Å². The van der Waals surface area contributed by atoms with E-state index in [4.69, 9.17) is 11.6 Å². The molecule has 1 N–H and O–H groups in total. The van der Waals surface area contributed by atoms with Gasteiger partial charge in [0.2, 0.25) is 5.28 Å². The van der Waals surface area contributed by atoms with Gasteiger partial charge in [0, 0.05) is 13.1 Å². The van der Waals surface area contributed by atoms with Gasteiger partial charge in [0.15, 0.2) is 0 Å². The highest BCUT2D eigenvalue weighted by Gasteiger charge is 2.14. The van der Waals surface area contributed by atoms with Gasteiger partial charge in [-0.2, -0.15) is 0 Å². The van der Waals surface area contributed by atoms with Gasteiger partial charge in [-0.25, -0.2) is 9.97 Å². The van der Waals surface area contributed by atoms with Crippen molar-refractivity contribution in [1.82, 2.24) is 14.9 Å². The van der Waals surface area contributed by atoms with Crippen LogP contribution in [0, 0.1) is 5.92 Å². The summed E-state index contributed by atoms with van der Waals surface area (Å²) in [7, 11) is 0. The van der Waals surface area contributed by atoms with Crippen LogP contribution < -0.4 is 5.32 Å². The molecule has 1 saturated heterocycles. The van der Waals surface area contributed by atoms with Crippen molar-refractivity contribution in [2.45, 2.75) is 26.2 Å². The highest BCUT2D eigenvalue weighted by atomic mass is 35.5. The Morgan fingerprint density at radius 1 is 1.33 bits per heavy atom. The van der Waals surface area contributed by atoms with E-state index in [1.807, 2.05) is 11.4 Å². The molecule has 6 heteroatoms. The molecule has 21 heavy (non-hydrogen) atoms. The van der Waals surface area contributed by atoms with E-state index >= 15 is 0 Å². The fourth-order valence-corrected chi connectivity index (χ4v) is 3.87. The number of anilines is 1. The summed E-state index contributed by atoms with van der Waals surface area (Å²) in [6.45, 7) is 6.85. The summed E-state index contributed by atoms with van der Waals surface area (Å²) in [5.41, 5.74) is 0. The van der Waals surface area contributed by atoms with E-state index in [9.17, 15) is 0 Å². The molecular formula is C15H21ClN4S. The van der Waals surface area contributed by atoms with Gasteiger partial charge >= 0.3 is 0 Å². The second-order valence-electron chi connectivity index (χ2n) is 5.83. The molecule has 1 aliphatic heterocycles. The summed E-state index contributed by atoms with van der Waals surface area (Å²) in [6, 6.07) is 2.05. The number of hydrogen-bond donors (Lipinski definition) is 1. The van der Waals surface area contributed by atoms with Crippen molar-refractivity contribution >= 4 is 39.0 Å². The first kappa shape index (κ1) is 15.0. The summed E-state index contributed by atoms with van der Waals surface area (Å²) in [4.78, 5) is 12.1. The molecule has 4 nitrogen and oxygen atoms in total. The zero-order chi connectivity index (χ0) is 14.7. The van der Waals surface area contributed by atoms with Gasteiger partial charge in [-0.1, -0.05) is 13.3 Å². The minimum Gasteiger partial charge on any atom is -0.369 e. The number of likely N-dealkylation sites (tertiary alicyclic amines) is 1. The van der Waals surface area contributed by atoms with Gasteiger partial charge in [-0.3, -0.25) is 0 Å². The van der Waals surface area contributed by atoms with E-state index < -0.39 is 0 Å². The van der Waals surface area contributed by atoms with Crippen LogP contribution in [0.3, 0.4) is 0 Å². The average molecular weight is 325 g/mol. The lowest BCUT2D eigenvalue weighted by molar-refractivity contribution is 0.204. The summed E-state index contributed by atoms with van der Waals surface area (Å²) in [6.07, 6.45) is 4.08. The standard InChI is InChI=1S/C15H21ClN4S/c1-11(10-20-6-3-2-4-7-20)9-17-13-12-5-8-21-14(12)19-15(16)18-13/h5,8,11H,2-4,6-7,9-10H2,1H3,(H,17,18,19). The number of fused-ring (bicyclic) bond motifs is 1. The van der Waals surface area contributed by atoms with Crippen LogP contribution in [0.15, 0.2) is 11.4 Å². The number of nitrogens with zero attached hydrogens (tertiary/aromatic N) is 3. The first-order chi connectivity index (χ1) is 10.2. The Morgan fingerprint density at radius 2 is 2.14 bits per heavy atom. The molecule has 1 atom stereocenters. The zero-order valence-corrected chi connectivity index (χ0v) is 13.9. The average Bonchev–Trinajstić information content (AvgIpc) is 2.94. The van der Waals surface area contributed by atoms with Crippen LogP contribution >= 0.6 is 22.9 Å². The summed E-state index contributed by atoms with van der Waals surface area (Å²) < 4.78 is 0. The van der Waals surface area contributed by atoms with E-state index in [2.05, 4.69) is 27.1 Å². The molecule has 2 aromatic heterocycles. The van der Waals surface area contributed by atoms with Crippen molar-refractivity contribution in [2.24, 2.45) is 5.92 Å². The van der Waals surface area contributed by atoms with Gasteiger partial charge in [0.25, 0.3) is 0 Å². The smallest absolute Gasteiger partial charge is 0.225 e. The summed E-state index contributed by atoms with van der Waals surface area (Å²) in [5.74, 6) is 1.45. The van der Waals surface area contributed by atoms with Crippen LogP contribution in [-0.4, -0.2) is 41.0 Å². The number of thiophene rings is 1. The third-order valence-electron chi connectivity index (χ3n) is 3.93. The van der Waals surface area contributed by atoms with Crippen LogP contribution in [0.5, 0.6) is 0 Å². The second kappa shape index (κ2) is 6.90. The normalized spacial score (nSPS) is 18.0. The Morgan fingerprint density at radius 3 is 2.95 bits per heavy atom. The van der Waals surface area contributed by atoms with Crippen LogP contribution in [-0.2, 0) is 0 Å². The molecule has 0 bridgehead atoms. The second-order valence-corrected chi connectivity index (χ2v) is 7.06. The molecule has 0 radical (unpaired) electrons. The molecule has 0 aliphatic carbocycles. The molecule has 114 valence electrons. The maximum absolute atomic E-state index is 5.99. The largest absolute Gasteiger partial charge is 0.369 e. The van der Waals surface area contributed by atoms with Crippen molar-refractivity contribution < 1.29 is 0 Å². The van der Waals surface area contributed by atoms with Gasteiger partial charge in [-0.15, -0.1) is 11.3 Å². The molecule has 0 amide bonds. The monoisotopic (exact) mass is 324 g/mol. The van der Waals surface area contributed by atoms with E-state index in [1.54, 1.807) is 11.3 Å². The van der Waals surface area contributed by atoms with E-state index in [0.717, 1.165) is 29.1 Å². The predicted octanol–water partition coefficient (Wildman–Crippen LogP) is 3.88. The summed E-state index contributed by atoms with van der Waals surface area (Å²) in [5, 5.41) is 6.85. The highest BCUT2D eigenvalue weighted by molar-refractivity contribution is 7.16. The number of halogens is 1. The maximum atomic E-state index is 5.99. The Bertz CT molecular complexity index is 594. The topological polar surface area (TPSA) is 41.1 Å². The lowest BCUT2D eigenvalue weighted by atomic mass is 10.1. The zero-order valence-electron chi connectivity index (χ0n) is 12.3. The molecule has 3 rings (SSSR count). The fourth-order valence-electron chi connectivity index (χ4n) is 2.88. The SMILES string of the molecule is CC(CNc1nc(Cl)nc2sccc12)CN1CCCCC1. The minimum atomic E-state index is 0.316. The van der Waals surface area contributed by atoms with Crippen LogP contribution in [0.25, 0.3) is 10.2 Å². The molecule has 0 saturated carbocycles. The third-order valence-corrected chi connectivity index (χ3v) is 4.91. The van der Waals surface area contributed by atoms with E-state index in [1.165, 1.54) is 32.4 Å². The Balaban J connectivity index is 1.59. The Labute approximate surface area is 134 Å². The molecule has 1 aliphatic rings. The Hall–Kier alpha value is -0.910. The molecule has 1 fully saturated rings. The maximum Gasteiger partial charge on any atom is 0.225 e. The fraction of sp³-hybridized carbons (Fsp3) is 0.600. The molecule has 1 unspecified atom stereocenters. The van der Waals surface area contributed by atoms with Crippen molar-refractivity contribution in [1.29, 1.82) is 0 Å².